The number of halogens is 1. The molecule has 0 saturated carbocycles. The first-order valence-corrected chi connectivity index (χ1v) is 8.02. The molecular weight excluding hydrogens is 318 g/mol. The molecule has 1 aromatic rings. The Morgan fingerprint density at radius 3 is 2.52 bits per heavy atom. The Morgan fingerprint density at radius 1 is 1.38 bits per heavy atom. The molecule has 1 heterocycles. The highest BCUT2D eigenvalue weighted by Crippen LogP contribution is 2.31. The van der Waals surface area contributed by atoms with E-state index in [1.54, 1.807) is 0 Å². The van der Waals surface area contributed by atoms with Gasteiger partial charge in [-0.2, -0.15) is 9.57 Å². The number of benzene rings is 1. The Morgan fingerprint density at radius 2 is 2.00 bits per heavy atom. The molecule has 0 radical (unpaired) electrons. The van der Waals surface area contributed by atoms with Gasteiger partial charge < -0.3 is 0 Å². The third kappa shape index (κ3) is 3.15. The van der Waals surface area contributed by atoms with Gasteiger partial charge in [0.05, 0.1) is 11.0 Å². The maximum absolute atomic E-state index is 12.5. The highest BCUT2D eigenvalue weighted by molar-refractivity contribution is 7.89. The van der Waals surface area contributed by atoms with E-state index in [1.807, 2.05) is 0 Å². The molecule has 1 aliphatic rings. The predicted octanol–water partition coefficient (Wildman–Crippen LogP) is 2.17. The van der Waals surface area contributed by atoms with Gasteiger partial charge in [-0.1, -0.05) is 11.6 Å². The standard InChI is InChI=1S/C12H12ClN3O4S/c13-10-1-2-12(11(7-10)16(17)18)21(19,20)15-5-3-9(8-14)4-6-15/h1-2,7,9H,3-6H2. The smallest absolute Gasteiger partial charge is 0.258 e. The molecule has 1 aromatic carbocycles. The van der Waals surface area contributed by atoms with Crippen molar-refractivity contribution in [3.05, 3.63) is 33.3 Å². The topological polar surface area (TPSA) is 104 Å². The number of nitrogens with zero attached hydrogens (tertiary/aromatic N) is 3. The van der Waals surface area contributed by atoms with E-state index in [0.717, 1.165) is 12.1 Å². The van der Waals surface area contributed by atoms with Crippen molar-refractivity contribution in [3.63, 3.8) is 0 Å². The second-order valence-corrected chi connectivity index (χ2v) is 7.02. The van der Waals surface area contributed by atoms with Crippen LogP contribution in [-0.2, 0) is 10.0 Å². The van der Waals surface area contributed by atoms with Crippen LogP contribution in [0.3, 0.4) is 0 Å². The van der Waals surface area contributed by atoms with Crippen LogP contribution in [0.15, 0.2) is 23.1 Å². The molecule has 1 saturated heterocycles. The Hall–Kier alpha value is -1.69. The highest BCUT2D eigenvalue weighted by atomic mass is 35.5. The fourth-order valence-electron chi connectivity index (χ4n) is 2.22. The van der Waals surface area contributed by atoms with E-state index < -0.39 is 20.6 Å². The third-order valence-corrected chi connectivity index (χ3v) is 5.55. The minimum absolute atomic E-state index is 0.101. The number of hydrogen-bond donors (Lipinski definition) is 0. The molecule has 0 aromatic heterocycles. The summed E-state index contributed by atoms with van der Waals surface area (Å²) in [6, 6.07) is 5.58. The largest absolute Gasteiger partial charge is 0.290 e. The maximum Gasteiger partial charge on any atom is 0.290 e. The average molecular weight is 330 g/mol. The van der Waals surface area contributed by atoms with Crippen molar-refractivity contribution in [3.8, 4) is 6.07 Å². The Balaban J connectivity index is 2.37. The maximum atomic E-state index is 12.5. The number of nitro groups is 1. The number of sulfonamides is 1. The van der Waals surface area contributed by atoms with Gasteiger partial charge in [0.25, 0.3) is 5.69 Å². The molecule has 2 rings (SSSR count). The van der Waals surface area contributed by atoms with E-state index in [9.17, 15) is 18.5 Å². The first-order valence-electron chi connectivity index (χ1n) is 6.20. The summed E-state index contributed by atoms with van der Waals surface area (Å²) in [4.78, 5) is 9.89. The fourth-order valence-corrected chi connectivity index (χ4v) is 3.99. The molecule has 0 bridgehead atoms. The molecule has 21 heavy (non-hydrogen) atoms. The zero-order chi connectivity index (χ0) is 15.6. The number of nitriles is 1. The summed E-state index contributed by atoms with van der Waals surface area (Å²) in [6.07, 6.45) is 0.855. The Labute approximate surface area is 126 Å². The van der Waals surface area contributed by atoms with Crippen LogP contribution >= 0.6 is 11.6 Å². The van der Waals surface area contributed by atoms with E-state index >= 15 is 0 Å². The average Bonchev–Trinajstić information content (AvgIpc) is 2.47. The quantitative estimate of drug-likeness (QED) is 0.624. The summed E-state index contributed by atoms with van der Waals surface area (Å²) in [5.41, 5.74) is -0.537. The zero-order valence-corrected chi connectivity index (χ0v) is 12.5. The van der Waals surface area contributed by atoms with Crippen molar-refractivity contribution in [1.29, 1.82) is 5.26 Å². The summed E-state index contributed by atoms with van der Waals surface area (Å²) in [5, 5.41) is 19.9. The van der Waals surface area contributed by atoms with Gasteiger partial charge in [0, 0.05) is 30.1 Å². The van der Waals surface area contributed by atoms with Gasteiger partial charge in [-0.25, -0.2) is 8.42 Å². The van der Waals surface area contributed by atoms with Crippen molar-refractivity contribution in [2.75, 3.05) is 13.1 Å². The monoisotopic (exact) mass is 329 g/mol. The predicted molar refractivity (Wildman–Crippen MR) is 75.2 cm³/mol. The van der Waals surface area contributed by atoms with Crippen LogP contribution in [0.5, 0.6) is 0 Å². The fraction of sp³-hybridized carbons (Fsp3) is 0.417. The van der Waals surface area contributed by atoms with Crippen LogP contribution in [0.25, 0.3) is 0 Å². The lowest BCUT2D eigenvalue weighted by atomic mass is 10.0. The Bertz CT molecular complexity index is 706. The van der Waals surface area contributed by atoms with Gasteiger partial charge >= 0.3 is 0 Å². The number of hydrogen-bond acceptors (Lipinski definition) is 5. The van der Waals surface area contributed by atoms with Crippen LogP contribution in [0, 0.1) is 27.4 Å². The van der Waals surface area contributed by atoms with Gasteiger partial charge in [-0.05, 0) is 25.0 Å². The van der Waals surface area contributed by atoms with E-state index in [4.69, 9.17) is 16.9 Å². The van der Waals surface area contributed by atoms with Crippen molar-refractivity contribution in [1.82, 2.24) is 4.31 Å². The minimum atomic E-state index is -3.96. The lowest BCUT2D eigenvalue weighted by Gasteiger charge is -2.28. The number of nitro benzene ring substituents is 1. The second-order valence-electron chi connectivity index (χ2n) is 4.68. The molecular formula is C12H12ClN3O4S. The van der Waals surface area contributed by atoms with Crippen LogP contribution in [0.4, 0.5) is 5.69 Å². The summed E-state index contributed by atoms with van der Waals surface area (Å²) in [7, 11) is -3.96. The summed E-state index contributed by atoms with van der Waals surface area (Å²) in [5.74, 6) is -0.170. The second kappa shape index (κ2) is 5.97. The molecule has 0 amide bonds. The van der Waals surface area contributed by atoms with Crippen LogP contribution in [0.2, 0.25) is 5.02 Å². The van der Waals surface area contributed by atoms with E-state index in [0.29, 0.717) is 12.8 Å². The van der Waals surface area contributed by atoms with Crippen LogP contribution < -0.4 is 0 Å². The molecule has 1 aliphatic heterocycles. The van der Waals surface area contributed by atoms with E-state index in [-0.39, 0.29) is 28.9 Å². The summed E-state index contributed by atoms with van der Waals surface area (Å²) < 4.78 is 26.2. The van der Waals surface area contributed by atoms with Gasteiger partial charge in [-0.15, -0.1) is 0 Å². The molecule has 0 aliphatic carbocycles. The molecule has 9 heteroatoms. The van der Waals surface area contributed by atoms with E-state index in [1.165, 1.54) is 10.4 Å². The molecule has 0 unspecified atom stereocenters. The van der Waals surface area contributed by atoms with Gasteiger partial charge in [-0.3, -0.25) is 10.1 Å². The minimum Gasteiger partial charge on any atom is -0.258 e. The van der Waals surface area contributed by atoms with Gasteiger partial charge in [0.2, 0.25) is 10.0 Å². The van der Waals surface area contributed by atoms with Crippen LogP contribution in [0.1, 0.15) is 12.8 Å². The normalized spacial score (nSPS) is 17.3. The van der Waals surface area contributed by atoms with Crippen molar-refractivity contribution >= 4 is 27.3 Å². The van der Waals surface area contributed by atoms with Crippen molar-refractivity contribution in [2.45, 2.75) is 17.7 Å². The summed E-state index contributed by atoms with van der Waals surface area (Å²) >= 11 is 5.69. The van der Waals surface area contributed by atoms with Crippen molar-refractivity contribution in [2.24, 2.45) is 5.92 Å². The van der Waals surface area contributed by atoms with E-state index in [2.05, 4.69) is 6.07 Å². The lowest BCUT2D eigenvalue weighted by Crippen LogP contribution is -2.38. The molecule has 112 valence electrons. The van der Waals surface area contributed by atoms with Gasteiger partial charge in [0.1, 0.15) is 0 Å². The van der Waals surface area contributed by atoms with Crippen molar-refractivity contribution < 1.29 is 13.3 Å². The first kappa shape index (κ1) is 15.7. The third-order valence-electron chi connectivity index (χ3n) is 3.37. The molecule has 0 spiro atoms. The number of rotatable bonds is 3. The SMILES string of the molecule is N#CC1CCN(S(=O)(=O)c2ccc(Cl)cc2[N+](=O)[O-])CC1. The Kier molecular flexibility index (Phi) is 4.46. The molecule has 0 N–H and O–H groups in total. The first-order chi connectivity index (χ1) is 9.86. The van der Waals surface area contributed by atoms with Crippen LogP contribution in [-0.4, -0.2) is 30.7 Å². The zero-order valence-electron chi connectivity index (χ0n) is 10.9. The summed E-state index contributed by atoms with van der Waals surface area (Å²) in [6.45, 7) is 0.362. The molecule has 7 nitrogen and oxygen atoms in total. The number of piperidine rings is 1. The highest BCUT2D eigenvalue weighted by Gasteiger charge is 2.34. The lowest BCUT2D eigenvalue weighted by molar-refractivity contribution is -0.387. The van der Waals surface area contributed by atoms with Gasteiger partial charge in [0.15, 0.2) is 4.90 Å². The molecule has 1 fully saturated rings. The molecule has 0 atom stereocenters.